The first kappa shape index (κ1) is 15.2. The second kappa shape index (κ2) is 6.19. The largest absolute Gasteiger partial charge is 0.496 e. The Hall–Kier alpha value is -1.71. The molecule has 4 heteroatoms. The first-order valence-electron chi connectivity index (χ1n) is 8.37. The number of aliphatic imine (C=N–C) groups is 1. The molecule has 0 bridgehead atoms. The lowest BCUT2D eigenvalue weighted by atomic mass is 9.95. The van der Waals surface area contributed by atoms with Crippen LogP contribution in [0.2, 0.25) is 0 Å². The Morgan fingerprint density at radius 1 is 1.36 bits per heavy atom. The second-order valence-corrected chi connectivity index (χ2v) is 6.64. The number of methoxy groups -OCH3 is 1. The van der Waals surface area contributed by atoms with Crippen molar-refractivity contribution in [3.8, 4) is 5.75 Å². The van der Waals surface area contributed by atoms with Crippen molar-refractivity contribution in [3.05, 3.63) is 29.8 Å². The number of ether oxygens (including phenoxy) is 1. The highest BCUT2D eigenvalue weighted by Crippen LogP contribution is 2.51. The van der Waals surface area contributed by atoms with Gasteiger partial charge in [-0.15, -0.1) is 0 Å². The molecule has 120 valence electrons. The average Bonchev–Trinajstić information content (AvgIpc) is 3.44. The van der Waals surface area contributed by atoms with Crippen LogP contribution in [0.1, 0.15) is 38.7 Å². The zero-order valence-corrected chi connectivity index (χ0v) is 13.9. The normalized spacial score (nSPS) is 25.5. The average molecular weight is 301 g/mol. The van der Waals surface area contributed by atoms with E-state index in [1.807, 2.05) is 6.07 Å². The third kappa shape index (κ3) is 3.21. The van der Waals surface area contributed by atoms with Gasteiger partial charge >= 0.3 is 0 Å². The topological polar surface area (TPSA) is 45.7 Å². The Labute approximate surface area is 133 Å². The molecule has 2 atom stereocenters. The number of hydrogen-bond donors (Lipinski definition) is 2. The lowest BCUT2D eigenvalue weighted by molar-refractivity contribution is 0.404. The molecule has 0 saturated heterocycles. The van der Waals surface area contributed by atoms with Gasteiger partial charge in [-0.3, -0.25) is 4.99 Å². The maximum absolute atomic E-state index is 5.53. The number of rotatable bonds is 6. The molecule has 0 aliphatic heterocycles. The van der Waals surface area contributed by atoms with E-state index < -0.39 is 0 Å². The van der Waals surface area contributed by atoms with Crippen molar-refractivity contribution in [3.63, 3.8) is 0 Å². The van der Waals surface area contributed by atoms with E-state index in [4.69, 9.17) is 9.73 Å². The summed E-state index contributed by atoms with van der Waals surface area (Å²) in [6, 6.07) is 8.96. The molecule has 4 nitrogen and oxygen atoms in total. The summed E-state index contributed by atoms with van der Waals surface area (Å²) < 4.78 is 5.53. The number of nitrogens with zero attached hydrogens (tertiary/aromatic N) is 1. The predicted octanol–water partition coefficient (Wildman–Crippen LogP) is 2.69. The van der Waals surface area contributed by atoms with Gasteiger partial charge in [0.15, 0.2) is 5.96 Å². The van der Waals surface area contributed by atoms with Crippen molar-refractivity contribution >= 4 is 5.96 Å². The van der Waals surface area contributed by atoms with Gasteiger partial charge in [-0.2, -0.15) is 0 Å². The second-order valence-electron chi connectivity index (χ2n) is 6.64. The summed E-state index contributed by atoms with van der Waals surface area (Å²) in [7, 11) is 1.75. The van der Waals surface area contributed by atoms with E-state index in [2.05, 4.69) is 42.7 Å². The van der Waals surface area contributed by atoms with Gasteiger partial charge in [0.05, 0.1) is 13.7 Å². The van der Waals surface area contributed by atoms with E-state index in [0.717, 1.165) is 30.7 Å². The van der Waals surface area contributed by atoms with Gasteiger partial charge in [0.1, 0.15) is 5.75 Å². The molecule has 2 saturated carbocycles. The highest BCUT2D eigenvalue weighted by Gasteiger charge is 2.46. The molecule has 2 fully saturated rings. The number of guanidine groups is 1. The molecule has 1 aromatic carbocycles. The van der Waals surface area contributed by atoms with Crippen molar-refractivity contribution in [2.75, 3.05) is 20.2 Å². The fourth-order valence-electron chi connectivity index (χ4n) is 3.00. The lowest BCUT2D eigenvalue weighted by Gasteiger charge is -2.18. The highest BCUT2D eigenvalue weighted by atomic mass is 16.5. The van der Waals surface area contributed by atoms with Crippen LogP contribution in [-0.4, -0.2) is 32.2 Å². The highest BCUT2D eigenvalue weighted by molar-refractivity contribution is 5.80. The van der Waals surface area contributed by atoms with Crippen molar-refractivity contribution in [2.24, 2.45) is 10.9 Å². The summed E-state index contributed by atoms with van der Waals surface area (Å²) in [5.74, 6) is 2.72. The van der Waals surface area contributed by atoms with E-state index in [1.54, 1.807) is 7.11 Å². The van der Waals surface area contributed by atoms with Gasteiger partial charge < -0.3 is 15.4 Å². The summed E-state index contributed by atoms with van der Waals surface area (Å²) in [5.41, 5.74) is 1.47. The molecule has 0 heterocycles. The Balaban J connectivity index is 1.71. The third-order valence-electron chi connectivity index (χ3n) is 4.85. The summed E-state index contributed by atoms with van der Waals surface area (Å²) in [5, 5.41) is 6.89. The minimum absolute atomic E-state index is 0.171. The molecular formula is C18H27N3O. The maximum atomic E-state index is 5.53. The summed E-state index contributed by atoms with van der Waals surface area (Å²) in [4.78, 5) is 4.85. The summed E-state index contributed by atoms with van der Waals surface area (Å²) >= 11 is 0. The molecule has 3 rings (SSSR count). The molecule has 1 aromatic rings. The molecule has 0 spiro atoms. The molecule has 0 aromatic heterocycles. The van der Waals surface area contributed by atoms with Gasteiger partial charge in [-0.25, -0.2) is 0 Å². The van der Waals surface area contributed by atoms with Crippen LogP contribution in [0.3, 0.4) is 0 Å². The van der Waals surface area contributed by atoms with Crippen LogP contribution < -0.4 is 15.4 Å². The van der Waals surface area contributed by atoms with Gasteiger partial charge in [-0.1, -0.05) is 25.1 Å². The minimum Gasteiger partial charge on any atom is -0.496 e. The van der Waals surface area contributed by atoms with Gasteiger partial charge in [0, 0.05) is 23.6 Å². The molecule has 0 amide bonds. The van der Waals surface area contributed by atoms with Crippen LogP contribution in [0.25, 0.3) is 0 Å². The lowest BCUT2D eigenvalue weighted by Crippen LogP contribution is -2.39. The zero-order valence-electron chi connectivity index (χ0n) is 13.9. The Kier molecular flexibility index (Phi) is 4.27. The fourth-order valence-corrected chi connectivity index (χ4v) is 3.00. The van der Waals surface area contributed by atoms with Crippen LogP contribution in [0.4, 0.5) is 0 Å². The number of nitrogens with one attached hydrogen (secondary N) is 2. The fraction of sp³-hybridized carbons (Fsp3) is 0.611. The van der Waals surface area contributed by atoms with Crippen LogP contribution >= 0.6 is 0 Å². The molecule has 2 N–H and O–H groups in total. The van der Waals surface area contributed by atoms with Crippen LogP contribution in [-0.2, 0) is 5.41 Å². The van der Waals surface area contributed by atoms with E-state index in [-0.39, 0.29) is 5.41 Å². The minimum atomic E-state index is 0.171. The third-order valence-corrected chi connectivity index (χ3v) is 4.85. The number of para-hydroxylation sites is 1. The van der Waals surface area contributed by atoms with Gasteiger partial charge in [0.2, 0.25) is 0 Å². The van der Waals surface area contributed by atoms with Crippen molar-refractivity contribution in [1.82, 2.24) is 10.6 Å². The summed E-state index contributed by atoms with van der Waals surface area (Å²) in [6.07, 6.45) is 3.63. The maximum Gasteiger partial charge on any atom is 0.191 e. The van der Waals surface area contributed by atoms with Crippen molar-refractivity contribution < 1.29 is 4.74 Å². The molecular weight excluding hydrogens is 274 g/mol. The first-order chi connectivity index (χ1) is 10.7. The van der Waals surface area contributed by atoms with Gasteiger partial charge in [-0.05, 0) is 38.2 Å². The molecule has 22 heavy (non-hydrogen) atoms. The van der Waals surface area contributed by atoms with E-state index >= 15 is 0 Å². The monoisotopic (exact) mass is 301 g/mol. The predicted molar refractivity (Wildman–Crippen MR) is 90.6 cm³/mol. The molecule has 2 aliphatic rings. The number of hydrogen-bond acceptors (Lipinski definition) is 2. The van der Waals surface area contributed by atoms with E-state index in [0.29, 0.717) is 6.04 Å². The first-order valence-corrected chi connectivity index (χ1v) is 8.37. The molecule has 0 radical (unpaired) electrons. The molecule has 2 aliphatic carbocycles. The SMILES string of the molecule is CCNC(=NCC1(c2ccccc2OC)CC1)NC1CC1C. The van der Waals surface area contributed by atoms with Crippen LogP contribution in [0.15, 0.2) is 29.3 Å². The summed E-state index contributed by atoms with van der Waals surface area (Å²) in [6.45, 7) is 6.11. The Morgan fingerprint density at radius 3 is 2.68 bits per heavy atom. The van der Waals surface area contributed by atoms with E-state index in [1.165, 1.54) is 24.8 Å². The zero-order chi connectivity index (χ0) is 15.6. The standard InChI is InChI=1S/C18H27N3O/c1-4-19-17(21-15-11-13(15)2)20-12-18(9-10-18)14-7-5-6-8-16(14)22-3/h5-8,13,15H,4,9-12H2,1-3H3,(H2,19,20,21). The van der Waals surface area contributed by atoms with Crippen molar-refractivity contribution in [2.45, 2.75) is 44.6 Å². The van der Waals surface area contributed by atoms with Crippen LogP contribution in [0, 0.1) is 5.92 Å². The molecule has 2 unspecified atom stereocenters. The van der Waals surface area contributed by atoms with Crippen LogP contribution in [0.5, 0.6) is 5.75 Å². The van der Waals surface area contributed by atoms with E-state index in [9.17, 15) is 0 Å². The Morgan fingerprint density at radius 2 is 2.09 bits per heavy atom. The van der Waals surface area contributed by atoms with Crippen molar-refractivity contribution in [1.29, 1.82) is 0 Å². The number of benzene rings is 1. The Bertz CT molecular complexity index is 551. The quantitative estimate of drug-likeness (QED) is 0.627. The van der Waals surface area contributed by atoms with Gasteiger partial charge in [0.25, 0.3) is 0 Å². The smallest absolute Gasteiger partial charge is 0.191 e.